The van der Waals surface area contributed by atoms with Crippen LogP contribution in [-0.2, 0) is 15.5 Å². The van der Waals surface area contributed by atoms with Crippen LogP contribution in [0.1, 0.15) is 32.8 Å². The molecule has 1 aromatic heterocycles. The summed E-state index contributed by atoms with van der Waals surface area (Å²) in [7, 11) is -1.19. The molecule has 2 rings (SSSR count). The molecule has 2 atom stereocenters. The lowest BCUT2D eigenvalue weighted by atomic mass is 10.2. The van der Waals surface area contributed by atoms with E-state index in [0.717, 1.165) is 5.56 Å². The molecule has 1 aliphatic rings. The monoisotopic (exact) mass is 310 g/mol. The van der Waals surface area contributed by atoms with E-state index in [-0.39, 0.29) is 11.3 Å². The molecular formula is C15H22N2O3S. The number of aromatic nitrogens is 1. The molecule has 5 nitrogen and oxygen atoms in total. The molecule has 0 bridgehead atoms. The van der Waals surface area contributed by atoms with Crippen molar-refractivity contribution in [1.29, 1.82) is 0 Å². The molecule has 6 heteroatoms. The molecule has 1 saturated heterocycles. The van der Waals surface area contributed by atoms with Crippen molar-refractivity contribution in [2.24, 2.45) is 0 Å². The Morgan fingerprint density at radius 1 is 1.43 bits per heavy atom. The Hall–Kier alpha value is -1.43. The van der Waals surface area contributed by atoms with Gasteiger partial charge in [-0.1, -0.05) is 6.07 Å². The third-order valence-electron chi connectivity index (χ3n) is 3.19. The van der Waals surface area contributed by atoms with Gasteiger partial charge in [0.2, 0.25) is 0 Å². The second kappa shape index (κ2) is 6.13. The molecule has 0 unspecified atom stereocenters. The van der Waals surface area contributed by atoms with Crippen LogP contribution < -0.4 is 0 Å². The number of rotatable bonds is 2. The highest BCUT2D eigenvalue weighted by Crippen LogP contribution is 2.21. The topological polar surface area (TPSA) is 59.5 Å². The van der Waals surface area contributed by atoms with Crippen LogP contribution in [0.15, 0.2) is 23.4 Å². The zero-order valence-electron chi connectivity index (χ0n) is 13.0. The quantitative estimate of drug-likeness (QED) is 0.842. The first-order valence-electron chi connectivity index (χ1n) is 7.07. The molecule has 2 heterocycles. The molecule has 0 radical (unpaired) electrons. The van der Waals surface area contributed by atoms with Gasteiger partial charge >= 0.3 is 6.09 Å². The van der Waals surface area contributed by atoms with Gasteiger partial charge in [-0.05, 0) is 45.7 Å². The number of aryl methyl sites for hydroxylation is 1. The van der Waals surface area contributed by atoms with Crippen molar-refractivity contribution in [2.45, 2.75) is 50.0 Å². The lowest BCUT2D eigenvalue weighted by molar-refractivity contribution is 0.0295. The number of hydrogen-bond acceptors (Lipinski definition) is 4. The number of carbonyl (C=O) groups is 1. The van der Waals surface area contributed by atoms with Gasteiger partial charge in [-0.25, -0.2) is 9.78 Å². The predicted octanol–water partition coefficient (Wildman–Crippen LogP) is 2.51. The average Bonchev–Trinajstić information content (AvgIpc) is 2.86. The number of nitrogens with zero attached hydrogens (tertiary/aromatic N) is 2. The summed E-state index contributed by atoms with van der Waals surface area (Å²) < 4.78 is 17.8. The van der Waals surface area contributed by atoms with E-state index in [2.05, 4.69) is 4.98 Å². The summed E-state index contributed by atoms with van der Waals surface area (Å²) in [5.74, 6) is 0. The summed E-state index contributed by atoms with van der Waals surface area (Å²) in [4.78, 5) is 17.8. The number of carbonyl (C=O) groups excluding carboxylic acids is 1. The van der Waals surface area contributed by atoms with Gasteiger partial charge in [0.1, 0.15) is 10.6 Å². The van der Waals surface area contributed by atoms with Crippen molar-refractivity contribution in [3.8, 4) is 0 Å². The fourth-order valence-electron chi connectivity index (χ4n) is 2.14. The lowest BCUT2D eigenvalue weighted by Gasteiger charge is -2.24. The lowest BCUT2D eigenvalue weighted by Crippen LogP contribution is -2.36. The van der Waals surface area contributed by atoms with E-state index in [9.17, 15) is 9.00 Å². The number of hydrogen-bond donors (Lipinski definition) is 0. The Labute approximate surface area is 128 Å². The van der Waals surface area contributed by atoms with Crippen LogP contribution in [0.4, 0.5) is 4.79 Å². The van der Waals surface area contributed by atoms with Crippen molar-refractivity contribution in [3.05, 3.63) is 23.9 Å². The Morgan fingerprint density at radius 2 is 2.14 bits per heavy atom. The summed E-state index contributed by atoms with van der Waals surface area (Å²) in [5.41, 5.74) is 0.532. The first-order chi connectivity index (χ1) is 9.76. The van der Waals surface area contributed by atoms with Crippen LogP contribution in [0.5, 0.6) is 0 Å². The van der Waals surface area contributed by atoms with Crippen LogP contribution in [0.25, 0.3) is 0 Å². The highest BCUT2D eigenvalue weighted by molar-refractivity contribution is 7.85. The molecule has 0 aliphatic carbocycles. The molecule has 116 valence electrons. The smallest absolute Gasteiger partial charge is 0.410 e. The summed E-state index contributed by atoms with van der Waals surface area (Å²) in [6.07, 6.45) is 2.09. The summed E-state index contributed by atoms with van der Waals surface area (Å²) in [5, 5.41) is 0.504. The van der Waals surface area contributed by atoms with Gasteiger partial charge in [0.15, 0.2) is 0 Å². The predicted molar refractivity (Wildman–Crippen MR) is 81.6 cm³/mol. The van der Waals surface area contributed by atoms with E-state index in [1.807, 2.05) is 33.8 Å². The zero-order chi connectivity index (χ0) is 15.6. The Kier molecular flexibility index (Phi) is 4.66. The van der Waals surface area contributed by atoms with Crippen LogP contribution in [0, 0.1) is 6.92 Å². The minimum atomic E-state index is -1.19. The van der Waals surface area contributed by atoms with Gasteiger partial charge in [-0.15, -0.1) is 0 Å². The largest absolute Gasteiger partial charge is 0.444 e. The van der Waals surface area contributed by atoms with Gasteiger partial charge in [0.25, 0.3) is 0 Å². The normalized spacial score (nSPS) is 20.4. The fraction of sp³-hybridized carbons (Fsp3) is 0.600. The molecule has 1 fully saturated rings. The Bertz CT molecular complexity index is 537. The number of amides is 1. The third kappa shape index (κ3) is 4.27. The number of pyridine rings is 1. The number of likely N-dealkylation sites (tertiary alicyclic amines) is 1. The molecule has 0 saturated carbocycles. The van der Waals surface area contributed by atoms with E-state index < -0.39 is 16.4 Å². The van der Waals surface area contributed by atoms with E-state index in [1.54, 1.807) is 17.2 Å². The average molecular weight is 310 g/mol. The summed E-state index contributed by atoms with van der Waals surface area (Å²) in [6, 6.07) is 3.70. The second-order valence-corrected chi connectivity index (χ2v) is 7.99. The van der Waals surface area contributed by atoms with Crippen molar-refractivity contribution in [2.75, 3.05) is 13.1 Å². The van der Waals surface area contributed by atoms with Crippen LogP contribution in [0.2, 0.25) is 0 Å². The molecule has 0 aromatic carbocycles. The minimum absolute atomic E-state index is 0.0762. The standard InChI is InChI=1S/C15H22N2O3S/c1-11-5-6-13(16-9-11)21(19)12-7-8-17(10-12)14(18)20-15(2,3)4/h5-6,9,12H,7-8,10H2,1-4H3/t12-,21-/m0/s1. The summed E-state index contributed by atoms with van der Waals surface area (Å²) in [6.45, 7) is 8.50. The van der Waals surface area contributed by atoms with Crippen molar-refractivity contribution < 1.29 is 13.7 Å². The van der Waals surface area contributed by atoms with Gasteiger partial charge in [-0.3, -0.25) is 4.21 Å². The molecule has 1 amide bonds. The molecule has 0 N–H and O–H groups in total. The SMILES string of the molecule is Cc1ccc([S@@](=O)[C@H]2CCN(C(=O)OC(C)(C)C)C2)nc1. The van der Waals surface area contributed by atoms with Crippen molar-refractivity contribution >= 4 is 16.9 Å². The molecule has 0 spiro atoms. The zero-order valence-corrected chi connectivity index (χ0v) is 13.8. The van der Waals surface area contributed by atoms with Gasteiger partial charge in [0.05, 0.1) is 16.0 Å². The highest BCUT2D eigenvalue weighted by atomic mass is 32.2. The second-order valence-electron chi connectivity index (χ2n) is 6.31. The van der Waals surface area contributed by atoms with E-state index in [0.29, 0.717) is 24.5 Å². The Morgan fingerprint density at radius 3 is 2.71 bits per heavy atom. The van der Waals surface area contributed by atoms with Crippen molar-refractivity contribution in [1.82, 2.24) is 9.88 Å². The number of ether oxygens (including phenoxy) is 1. The van der Waals surface area contributed by atoms with Gasteiger partial charge in [0, 0.05) is 19.3 Å². The van der Waals surface area contributed by atoms with Crippen LogP contribution in [0.3, 0.4) is 0 Å². The summed E-state index contributed by atoms with van der Waals surface area (Å²) >= 11 is 0. The van der Waals surface area contributed by atoms with E-state index >= 15 is 0 Å². The first kappa shape index (κ1) is 15.9. The fourth-order valence-corrected chi connectivity index (χ4v) is 3.47. The third-order valence-corrected chi connectivity index (χ3v) is 4.83. The molecular weight excluding hydrogens is 288 g/mol. The molecule has 1 aromatic rings. The maximum atomic E-state index is 12.5. The van der Waals surface area contributed by atoms with Crippen LogP contribution in [-0.4, -0.2) is 44.1 Å². The van der Waals surface area contributed by atoms with E-state index in [1.165, 1.54) is 0 Å². The van der Waals surface area contributed by atoms with Crippen molar-refractivity contribution in [3.63, 3.8) is 0 Å². The maximum Gasteiger partial charge on any atom is 0.410 e. The Balaban J connectivity index is 1.97. The van der Waals surface area contributed by atoms with E-state index in [4.69, 9.17) is 4.74 Å². The molecule has 21 heavy (non-hydrogen) atoms. The molecule has 1 aliphatic heterocycles. The van der Waals surface area contributed by atoms with Gasteiger partial charge in [-0.2, -0.15) is 0 Å². The highest BCUT2D eigenvalue weighted by Gasteiger charge is 2.33. The maximum absolute atomic E-state index is 12.5. The van der Waals surface area contributed by atoms with Gasteiger partial charge < -0.3 is 9.64 Å². The minimum Gasteiger partial charge on any atom is -0.444 e. The first-order valence-corrected chi connectivity index (χ1v) is 8.29. The van der Waals surface area contributed by atoms with Crippen LogP contribution >= 0.6 is 0 Å².